The van der Waals surface area contributed by atoms with E-state index >= 15 is 0 Å². The summed E-state index contributed by atoms with van der Waals surface area (Å²) >= 11 is 1.58. The van der Waals surface area contributed by atoms with Crippen molar-refractivity contribution in [1.82, 2.24) is 20.2 Å². The number of fused-ring (bicyclic) bond motifs is 1. The molecule has 1 saturated heterocycles. The normalized spacial score (nSPS) is 19.8. The van der Waals surface area contributed by atoms with Crippen LogP contribution in [-0.2, 0) is 6.42 Å². The molecule has 0 saturated carbocycles. The minimum Gasteiger partial charge on any atom is -0.339 e. The third kappa shape index (κ3) is 3.36. The SMILES string of the molecule is Cc1nccc(Sc2cnc(N3CCC4(CC3)Cc3ccccc3[C@H]4N)nn2)c1C. The average molecular weight is 419 g/mol. The molecule has 7 heteroatoms. The number of nitrogens with two attached hydrogens (primary N) is 1. The zero-order valence-corrected chi connectivity index (χ0v) is 18.2. The second kappa shape index (κ2) is 7.63. The van der Waals surface area contributed by atoms with E-state index in [1.54, 1.807) is 11.8 Å². The first-order valence-electron chi connectivity index (χ1n) is 10.4. The zero-order valence-electron chi connectivity index (χ0n) is 17.4. The Balaban J connectivity index is 1.26. The Morgan fingerprint density at radius 1 is 1.07 bits per heavy atom. The summed E-state index contributed by atoms with van der Waals surface area (Å²) in [5.41, 5.74) is 11.8. The lowest BCUT2D eigenvalue weighted by Crippen LogP contribution is -2.45. The van der Waals surface area contributed by atoms with Gasteiger partial charge in [-0.3, -0.25) is 4.98 Å². The maximum atomic E-state index is 6.69. The maximum Gasteiger partial charge on any atom is 0.245 e. The molecule has 1 aliphatic carbocycles. The van der Waals surface area contributed by atoms with Crippen molar-refractivity contribution in [1.29, 1.82) is 0 Å². The lowest BCUT2D eigenvalue weighted by Gasteiger charge is -2.42. The standard InChI is InChI=1S/C23H26N6S/c1-15-16(2)25-10-7-19(15)30-20-14-26-22(28-27-20)29-11-8-23(9-12-29)13-17-5-3-4-6-18(17)21(23)24/h3-7,10,14,21H,8-9,11-13,24H2,1-2H3/t21-/m1/s1. The number of rotatable bonds is 3. The summed E-state index contributed by atoms with van der Waals surface area (Å²) in [5.74, 6) is 0.709. The van der Waals surface area contributed by atoms with Gasteiger partial charge in [0, 0.05) is 35.9 Å². The van der Waals surface area contributed by atoms with Crippen molar-refractivity contribution in [2.75, 3.05) is 18.0 Å². The van der Waals surface area contributed by atoms with E-state index in [1.165, 1.54) is 16.7 Å². The predicted octanol–water partition coefficient (Wildman–Crippen LogP) is 3.88. The van der Waals surface area contributed by atoms with Gasteiger partial charge in [0.1, 0.15) is 5.03 Å². The van der Waals surface area contributed by atoms with Crippen molar-refractivity contribution in [2.24, 2.45) is 11.1 Å². The topological polar surface area (TPSA) is 80.8 Å². The number of aromatic nitrogens is 4. The van der Waals surface area contributed by atoms with Crippen LogP contribution in [0.4, 0.5) is 5.95 Å². The van der Waals surface area contributed by atoms with Crippen LogP contribution in [-0.4, -0.2) is 33.3 Å². The fourth-order valence-corrected chi connectivity index (χ4v) is 5.59. The zero-order chi connectivity index (χ0) is 20.7. The van der Waals surface area contributed by atoms with Gasteiger partial charge in [-0.05, 0) is 61.3 Å². The third-order valence-corrected chi connectivity index (χ3v) is 7.84. The fraction of sp³-hybridized carbons (Fsp3) is 0.391. The second-order valence-electron chi connectivity index (χ2n) is 8.42. The van der Waals surface area contributed by atoms with E-state index in [-0.39, 0.29) is 11.5 Å². The van der Waals surface area contributed by atoms with Crippen LogP contribution in [0.15, 0.2) is 52.6 Å². The molecule has 0 unspecified atom stereocenters. The van der Waals surface area contributed by atoms with Gasteiger partial charge in [-0.25, -0.2) is 4.98 Å². The Hall–Kier alpha value is -2.51. The van der Waals surface area contributed by atoms with Gasteiger partial charge < -0.3 is 10.6 Å². The number of piperidine rings is 1. The number of benzene rings is 1. The molecule has 1 atom stereocenters. The van der Waals surface area contributed by atoms with Gasteiger partial charge >= 0.3 is 0 Å². The quantitative estimate of drug-likeness (QED) is 0.691. The van der Waals surface area contributed by atoms with Gasteiger partial charge in [0.15, 0.2) is 0 Å². The van der Waals surface area contributed by atoms with Crippen LogP contribution in [0.3, 0.4) is 0 Å². The van der Waals surface area contributed by atoms with Crippen LogP contribution >= 0.6 is 11.8 Å². The molecule has 0 bridgehead atoms. The first-order chi connectivity index (χ1) is 14.6. The van der Waals surface area contributed by atoms with Crippen LogP contribution in [0.2, 0.25) is 0 Å². The smallest absolute Gasteiger partial charge is 0.245 e. The number of pyridine rings is 1. The molecule has 30 heavy (non-hydrogen) atoms. The summed E-state index contributed by atoms with van der Waals surface area (Å²) in [4.78, 5) is 12.3. The third-order valence-electron chi connectivity index (χ3n) is 6.78. The molecule has 3 heterocycles. The first kappa shape index (κ1) is 19.5. The molecule has 6 nitrogen and oxygen atoms in total. The Kier molecular flexibility index (Phi) is 4.95. The highest BCUT2D eigenvalue weighted by Crippen LogP contribution is 2.50. The van der Waals surface area contributed by atoms with E-state index in [2.05, 4.69) is 56.3 Å². The molecule has 1 aliphatic heterocycles. The molecule has 2 aromatic heterocycles. The Morgan fingerprint density at radius 3 is 2.60 bits per heavy atom. The molecule has 0 radical (unpaired) electrons. The predicted molar refractivity (Wildman–Crippen MR) is 119 cm³/mol. The number of hydrogen-bond donors (Lipinski definition) is 1. The molecule has 0 amide bonds. The van der Waals surface area contributed by atoms with Crippen molar-refractivity contribution < 1.29 is 0 Å². The van der Waals surface area contributed by atoms with Gasteiger partial charge in [-0.1, -0.05) is 36.0 Å². The molecule has 1 spiro atoms. The minimum atomic E-state index is 0.126. The van der Waals surface area contributed by atoms with E-state index in [4.69, 9.17) is 5.73 Å². The van der Waals surface area contributed by atoms with Crippen LogP contribution in [0.5, 0.6) is 0 Å². The Morgan fingerprint density at radius 2 is 1.87 bits per heavy atom. The number of anilines is 1. The second-order valence-corrected chi connectivity index (χ2v) is 9.48. The molecular weight excluding hydrogens is 392 g/mol. The summed E-state index contributed by atoms with van der Waals surface area (Å²) in [6.07, 6.45) is 6.84. The van der Waals surface area contributed by atoms with Crippen molar-refractivity contribution in [3.05, 3.63) is 65.1 Å². The highest BCUT2D eigenvalue weighted by molar-refractivity contribution is 7.99. The largest absolute Gasteiger partial charge is 0.339 e. The summed E-state index contributed by atoms with van der Waals surface area (Å²) in [6, 6.07) is 10.8. The Bertz CT molecular complexity index is 1060. The van der Waals surface area contributed by atoms with Gasteiger partial charge in [-0.2, -0.15) is 0 Å². The average Bonchev–Trinajstić information content (AvgIpc) is 3.04. The summed E-state index contributed by atoms with van der Waals surface area (Å²) in [5, 5.41) is 9.64. The van der Waals surface area contributed by atoms with Gasteiger partial charge in [0.05, 0.1) is 6.20 Å². The molecular formula is C23H26N6S. The summed E-state index contributed by atoms with van der Waals surface area (Å²) in [6.45, 7) is 5.93. The van der Waals surface area contributed by atoms with E-state index < -0.39 is 0 Å². The van der Waals surface area contributed by atoms with Crippen molar-refractivity contribution in [3.8, 4) is 0 Å². The molecule has 154 valence electrons. The maximum absolute atomic E-state index is 6.69. The lowest BCUT2D eigenvalue weighted by molar-refractivity contribution is 0.186. The monoisotopic (exact) mass is 418 g/mol. The molecule has 1 aromatic carbocycles. The van der Waals surface area contributed by atoms with Gasteiger partial charge in [-0.15, -0.1) is 10.2 Å². The van der Waals surface area contributed by atoms with E-state index in [0.29, 0.717) is 5.95 Å². The molecule has 3 aromatic rings. The summed E-state index contributed by atoms with van der Waals surface area (Å²) < 4.78 is 0. The minimum absolute atomic E-state index is 0.126. The van der Waals surface area contributed by atoms with Gasteiger partial charge in [0.2, 0.25) is 5.95 Å². The lowest BCUT2D eigenvalue weighted by atomic mass is 9.73. The molecule has 5 rings (SSSR count). The van der Waals surface area contributed by atoms with E-state index in [9.17, 15) is 0 Å². The molecule has 1 fully saturated rings. The van der Waals surface area contributed by atoms with Crippen LogP contribution in [0.25, 0.3) is 0 Å². The van der Waals surface area contributed by atoms with Crippen LogP contribution < -0.4 is 10.6 Å². The van der Waals surface area contributed by atoms with Crippen molar-refractivity contribution in [2.45, 2.75) is 49.1 Å². The number of hydrogen-bond acceptors (Lipinski definition) is 7. The summed E-state index contributed by atoms with van der Waals surface area (Å²) in [7, 11) is 0. The van der Waals surface area contributed by atoms with E-state index in [1.807, 2.05) is 25.4 Å². The van der Waals surface area contributed by atoms with Crippen molar-refractivity contribution >= 4 is 17.7 Å². The first-order valence-corrected chi connectivity index (χ1v) is 11.3. The highest BCUT2D eigenvalue weighted by atomic mass is 32.2. The molecule has 2 aliphatic rings. The van der Waals surface area contributed by atoms with Gasteiger partial charge in [0.25, 0.3) is 0 Å². The van der Waals surface area contributed by atoms with Crippen molar-refractivity contribution in [3.63, 3.8) is 0 Å². The number of nitrogens with zero attached hydrogens (tertiary/aromatic N) is 5. The fourth-order valence-electron chi connectivity index (χ4n) is 4.75. The van der Waals surface area contributed by atoms with E-state index in [0.717, 1.165) is 48.0 Å². The highest BCUT2D eigenvalue weighted by Gasteiger charge is 2.46. The number of aryl methyl sites for hydroxylation is 1. The molecule has 2 N–H and O–H groups in total. The Labute approximate surface area is 181 Å². The van der Waals surface area contributed by atoms with Crippen LogP contribution in [0, 0.1) is 19.3 Å². The van der Waals surface area contributed by atoms with Crippen LogP contribution in [0.1, 0.15) is 41.3 Å².